The highest BCUT2D eigenvalue weighted by Gasteiger charge is 2.16. The molecule has 25 heavy (non-hydrogen) atoms. The Labute approximate surface area is 152 Å². The van der Waals surface area contributed by atoms with Gasteiger partial charge < -0.3 is 15.5 Å². The van der Waals surface area contributed by atoms with E-state index in [4.69, 9.17) is 0 Å². The summed E-state index contributed by atoms with van der Waals surface area (Å²) in [5, 5.41) is 5.85. The fourth-order valence-corrected chi connectivity index (χ4v) is 2.77. The van der Waals surface area contributed by atoms with E-state index in [2.05, 4.69) is 48.7 Å². The molecule has 5 nitrogen and oxygen atoms in total. The summed E-state index contributed by atoms with van der Waals surface area (Å²) in [4.78, 5) is 24.8. The lowest BCUT2D eigenvalue weighted by Gasteiger charge is -2.18. The second kappa shape index (κ2) is 10.2. The number of quaternary nitrogens is 1. The quantitative estimate of drug-likeness (QED) is 0.626. The van der Waals surface area contributed by atoms with Gasteiger partial charge in [0.05, 0.1) is 13.1 Å². The van der Waals surface area contributed by atoms with E-state index in [0.717, 1.165) is 16.9 Å². The van der Waals surface area contributed by atoms with Crippen molar-refractivity contribution in [3.05, 3.63) is 35.4 Å². The maximum Gasteiger partial charge on any atom is 0.275 e. The molecule has 2 amide bonds. The molecule has 0 fully saturated rings. The van der Waals surface area contributed by atoms with Crippen LogP contribution in [0, 0.1) is 5.92 Å². The molecule has 0 heterocycles. The van der Waals surface area contributed by atoms with Crippen molar-refractivity contribution in [3.63, 3.8) is 0 Å². The molecule has 0 aliphatic carbocycles. The van der Waals surface area contributed by atoms with Crippen molar-refractivity contribution in [1.82, 2.24) is 10.6 Å². The largest absolute Gasteiger partial charge is 0.349 e. The molecule has 0 aliphatic heterocycles. The lowest BCUT2D eigenvalue weighted by molar-refractivity contribution is -0.862. The molecule has 0 radical (unpaired) electrons. The second-order valence-corrected chi connectivity index (χ2v) is 7.66. The molecule has 5 heteroatoms. The minimum Gasteiger partial charge on any atom is -0.349 e. The molecule has 0 spiro atoms. The average Bonchev–Trinajstić information content (AvgIpc) is 2.45. The van der Waals surface area contributed by atoms with Gasteiger partial charge in [0.25, 0.3) is 11.8 Å². The van der Waals surface area contributed by atoms with E-state index in [-0.39, 0.29) is 30.4 Å². The number of carbonyl (C=O) groups excluding carboxylic acids is 2. The molecule has 3 N–H and O–H groups in total. The number of hydrogen-bond acceptors (Lipinski definition) is 2. The third kappa shape index (κ3) is 8.68. The van der Waals surface area contributed by atoms with Crippen molar-refractivity contribution in [2.45, 2.75) is 53.1 Å². The van der Waals surface area contributed by atoms with Gasteiger partial charge in [-0.3, -0.25) is 9.59 Å². The summed E-state index contributed by atoms with van der Waals surface area (Å²) in [6, 6.07) is 8.49. The molecule has 0 saturated heterocycles. The number of hydrogen-bond donors (Lipinski definition) is 3. The predicted molar refractivity (Wildman–Crippen MR) is 101 cm³/mol. The Kier molecular flexibility index (Phi) is 8.62. The van der Waals surface area contributed by atoms with Gasteiger partial charge in [0, 0.05) is 6.04 Å². The first kappa shape index (κ1) is 21.2. The van der Waals surface area contributed by atoms with E-state index >= 15 is 0 Å². The fourth-order valence-electron chi connectivity index (χ4n) is 2.77. The van der Waals surface area contributed by atoms with Crippen LogP contribution in [0.15, 0.2) is 24.3 Å². The van der Waals surface area contributed by atoms with Crippen molar-refractivity contribution in [2.24, 2.45) is 5.92 Å². The first-order valence-electron chi connectivity index (χ1n) is 9.16. The Bertz CT molecular complexity index is 553. The summed E-state index contributed by atoms with van der Waals surface area (Å²) >= 11 is 0. The van der Waals surface area contributed by atoms with Crippen molar-refractivity contribution in [1.29, 1.82) is 0 Å². The predicted octanol–water partition coefficient (Wildman–Crippen LogP) is 1.10. The van der Waals surface area contributed by atoms with E-state index in [1.165, 1.54) is 5.56 Å². The summed E-state index contributed by atoms with van der Waals surface area (Å²) in [5.41, 5.74) is 2.41. The standard InChI is InChI=1S/C20H33N3O2/c1-14(2)11-17-7-9-18(10-8-17)16(5)22-20(25)13-23(6)12-19(24)21-15(3)4/h7-10,14-16H,11-13H2,1-6H3,(H,21,24)(H,22,25)/p+1/t16-/m0/s1. The van der Waals surface area contributed by atoms with Gasteiger partial charge in [0.15, 0.2) is 13.1 Å². The molecule has 0 bridgehead atoms. The normalized spacial score (nSPS) is 13.6. The Morgan fingerprint density at radius 2 is 1.44 bits per heavy atom. The minimum atomic E-state index is -0.0476. The van der Waals surface area contributed by atoms with E-state index in [1.807, 2.05) is 27.8 Å². The number of rotatable bonds is 9. The van der Waals surface area contributed by atoms with E-state index in [9.17, 15) is 9.59 Å². The Hall–Kier alpha value is -1.88. The molecular formula is C20H34N3O2+. The monoisotopic (exact) mass is 348 g/mol. The molecule has 0 aromatic heterocycles. The third-order valence-corrected chi connectivity index (χ3v) is 3.88. The van der Waals surface area contributed by atoms with E-state index in [1.54, 1.807) is 0 Å². The molecule has 1 rings (SSSR count). The summed E-state index contributed by atoms with van der Waals surface area (Å²) in [6.07, 6.45) is 1.06. The third-order valence-electron chi connectivity index (χ3n) is 3.88. The summed E-state index contributed by atoms with van der Waals surface area (Å²) < 4.78 is 0. The lowest BCUT2D eigenvalue weighted by Crippen LogP contribution is -3.11. The number of benzene rings is 1. The van der Waals surface area contributed by atoms with Gasteiger partial charge in [-0.15, -0.1) is 0 Å². The van der Waals surface area contributed by atoms with Crippen molar-refractivity contribution < 1.29 is 14.5 Å². The van der Waals surface area contributed by atoms with Crippen LogP contribution < -0.4 is 15.5 Å². The zero-order chi connectivity index (χ0) is 19.0. The summed E-state index contributed by atoms with van der Waals surface area (Å²) in [5.74, 6) is 0.553. The molecule has 2 atom stereocenters. The Balaban J connectivity index is 2.46. The highest BCUT2D eigenvalue weighted by atomic mass is 16.2. The number of likely N-dealkylation sites (N-methyl/N-ethyl adjacent to an activating group) is 1. The molecule has 0 saturated carbocycles. The molecule has 140 valence electrons. The van der Waals surface area contributed by atoms with Gasteiger partial charge in [-0.2, -0.15) is 0 Å². The molecular weight excluding hydrogens is 314 g/mol. The van der Waals surface area contributed by atoms with Crippen LogP contribution in [-0.4, -0.2) is 38.0 Å². The highest BCUT2D eigenvalue weighted by molar-refractivity contribution is 5.79. The summed E-state index contributed by atoms with van der Waals surface area (Å²) in [6.45, 7) is 10.8. The Morgan fingerprint density at radius 1 is 0.920 bits per heavy atom. The molecule has 0 aliphatic rings. The SMILES string of the molecule is CC(C)Cc1ccc([C@H](C)NC(=O)C[NH+](C)CC(=O)NC(C)C)cc1. The number of nitrogens with one attached hydrogen (secondary N) is 3. The van der Waals surface area contributed by atoms with Crippen LogP contribution in [0.25, 0.3) is 0 Å². The average molecular weight is 349 g/mol. The zero-order valence-corrected chi connectivity index (χ0v) is 16.5. The molecule has 1 aromatic rings. The molecule has 1 aromatic carbocycles. The van der Waals surface area contributed by atoms with E-state index < -0.39 is 0 Å². The first-order chi connectivity index (χ1) is 11.7. The Morgan fingerprint density at radius 3 is 1.92 bits per heavy atom. The van der Waals surface area contributed by atoms with Crippen LogP contribution in [0.3, 0.4) is 0 Å². The van der Waals surface area contributed by atoms with E-state index in [0.29, 0.717) is 12.5 Å². The van der Waals surface area contributed by atoms with Gasteiger partial charge in [0.2, 0.25) is 0 Å². The summed E-state index contributed by atoms with van der Waals surface area (Å²) in [7, 11) is 1.85. The van der Waals surface area contributed by atoms with Crippen molar-refractivity contribution in [3.8, 4) is 0 Å². The topological polar surface area (TPSA) is 62.6 Å². The van der Waals surface area contributed by atoms with Crippen LogP contribution in [0.1, 0.15) is 51.8 Å². The van der Waals surface area contributed by atoms with Crippen LogP contribution in [-0.2, 0) is 16.0 Å². The van der Waals surface area contributed by atoms with Crippen molar-refractivity contribution >= 4 is 11.8 Å². The smallest absolute Gasteiger partial charge is 0.275 e. The molecule has 1 unspecified atom stereocenters. The van der Waals surface area contributed by atoms with Gasteiger partial charge in [-0.1, -0.05) is 38.1 Å². The van der Waals surface area contributed by atoms with Crippen LogP contribution in [0.5, 0.6) is 0 Å². The highest BCUT2D eigenvalue weighted by Crippen LogP contribution is 2.15. The van der Waals surface area contributed by atoms with Gasteiger partial charge in [-0.05, 0) is 44.2 Å². The number of carbonyl (C=O) groups is 2. The fraction of sp³-hybridized carbons (Fsp3) is 0.600. The van der Waals surface area contributed by atoms with Crippen molar-refractivity contribution in [2.75, 3.05) is 20.1 Å². The maximum atomic E-state index is 12.2. The zero-order valence-electron chi connectivity index (χ0n) is 16.5. The minimum absolute atomic E-state index is 0.0333. The second-order valence-electron chi connectivity index (χ2n) is 7.66. The van der Waals surface area contributed by atoms with Crippen LogP contribution in [0.2, 0.25) is 0 Å². The first-order valence-corrected chi connectivity index (χ1v) is 9.16. The lowest BCUT2D eigenvalue weighted by atomic mass is 10.00. The van der Waals surface area contributed by atoms with Crippen LogP contribution >= 0.6 is 0 Å². The maximum absolute atomic E-state index is 12.2. The van der Waals surface area contributed by atoms with Gasteiger partial charge in [0.1, 0.15) is 0 Å². The number of amides is 2. The van der Waals surface area contributed by atoms with Gasteiger partial charge in [-0.25, -0.2) is 0 Å². The van der Waals surface area contributed by atoms with Crippen LogP contribution in [0.4, 0.5) is 0 Å². The van der Waals surface area contributed by atoms with Gasteiger partial charge >= 0.3 is 0 Å².